The number of phenolic OH excluding ortho intramolecular Hbond substituents is 1. The number of aromatic hydroxyl groups is 1. The smallest absolute Gasteiger partial charge is 0.195 e. The van der Waals surface area contributed by atoms with E-state index in [1.165, 1.54) is 0 Å². The van der Waals surface area contributed by atoms with E-state index in [2.05, 4.69) is 10.2 Å². The topological polar surface area (TPSA) is 63.1 Å². The molecular weight excluding hydrogens is 238 g/mol. The molecule has 90 valence electrons. The molecule has 0 amide bonds. The van der Waals surface area contributed by atoms with Gasteiger partial charge < -0.3 is 14.4 Å². The Kier molecular flexibility index (Phi) is 3.14. The zero-order valence-corrected chi connectivity index (χ0v) is 10.4. The van der Waals surface area contributed by atoms with Crippen LogP contribution in [0.15, 0.2) is 18.2 Å². The number of rotatable bonds is 3. The maximum absolute atomic E-state index is 9.86. The molecule has 0 unspecified atom stereocenters. The number of hydrogen-bond acceptors (Lipinski definition) is 4. The molecule has 0 radical (unpaired) electrons. The van der Waals surface area contributed by atoms with Crippen molar-refractivity contribution >= 4 is 12.2 Å². The van der Waals surface area contributed by atoms with Gasteiger partial charge in [-0.15, -0.1) is 0 Å². The number of phenols is 1. The number of hydrogen-bond donors (Lipinski definition) is 2. The van der Waals surface area contributed by atoms with E-state index in [1.807, 2.05) is 11.5 Å². The quantitative estimate of drug-likeness (QED) is 0.822. The number of H-pyrrole nitrogens is 1. The van der Waals surface area contributed by atoms with Crippen molar-refractivity contribution in [1.29, 1.82) is 0 Å². The summed E-state index contributed by atoms with van der Waals surface area (Å²) in [6, 6.07) is 4.99. The van der Waals surface area contributed by atoms with Gasteiger partial charge in [0.2, 0.25) is 0 Å². The Morgan fingerprint density at radius 3 is 2.94 bits per heavy atom. The fraction of sp³-hybridized carbons (Fsp3) is 0.273. The third kappa shape index (κ3) is 2.03. The predicted molar refractivity (Wildman–Crippen MR) is 66.7 cm³/mol. The second kappa shape index (κ2) is 4.58. The summed E-state index contributed by atoms with van der Waals surface area (Å²) in [5.74, 6) is 1.41. The Morgan fingerprint density at radius 1 is 1.53 bits per heavy atom. The summed E-state index contributed by atoms with van der Waals surface area (Å²) in [5, 5.41) is 16.7. The van der Waals surface area contributed by atoms with Gasteiger partial charge in [-0.05, 0) is 37.3 Å². The van der Waals surface area contributed by atoms with Crippen molar-refractivity contribution in [2.75, 3.05) is 7.11 Å². The van der Waals surface area contributed by atoms with Crippen molar-refractivity contribution < 1.29 is 9.84 Å². The van der Waals surface area contributed by atoms with Crippen molar-refractivity contribution in [3.63, 3.8) is 0 Å². The van der Waals surface area contributed by atoms with Crippen LogP contribution in [0.25, 0.3) is 11.4 Å². The first-order valence-electron chi connectivity index (χ1n) is 5.20. The highest BCUT2D eigenvalue weighted by atomic mass is 32.1. The Hall–Kier alpha value is -1.82. The fourth-order valence-corrected chi connectivity index (χ4v) is 1.90. The summed E-state index contributed by atoms with van der Waals surface area (Å²) in [5.41, 5.74) is 0.596. The van der Waals surface area contributed by atoms with Gasteiger partial charge in [0.05, 0.1) is 12.7 Å². The highest BCUT2D eigenvalue weighted by molar-refractivity contribution is 7.71. The number of aromatic amines is 1. The molecule has 0 saturated carbocycles. The van der Waals surface area contributed by atoms with Gasteiger partial charge in [0.1, 0.15) is 11.5 Å². The van der Waals surface area contributed by atoms with E-state index in [0.717, 1.165) is 0 Å². The third-order valence-electron chi connectivity index (χ3n) is 2.52. The largest absolute Gasteiger partial charge is 0.507 e. The van der Waals surface area contributed by atoms with Crippen molar-refractivity contribution in [3.8, 4) is 22.9 Å². The molecule has 0 aliphatic heterocycles. The summed E-state index contributed by atoms with van der Waals surface area (Å²) in [4.78, 5) is 0. The van der Waals surface area contributed by atoms with Gasteiger partial charge in [0, 0.05) is 6.54 Å². The summed E-state index contributed by atoms with van der Waals surface area (Å²) >= 11 is 5.11. The summed E-state index contributed by atoms with van der Waals surface area (Å²) in [6.45, 7) is 2.65. The van der Waals surface area contributed by atoms with Crippen LogP contribution in [-0.2, 0) is 6.54 Å². The Morgan fingerprint density at radius 2 is 2.29 bits per heavy atom. The number of benzene rings is 1. The van der Waals surface area contributed by atoms with Crippen LogP contribution in [0.4, 0.5) is 0 Å². The maximum Gasteiger partial charge on any atom is 0.195 e. The second-order valence-corrected chi connectivity index (χ2v) is 3.87. The van der Waals surface area contributed by atoms with Crippen LogP contribution in [0.1, 0.15) is 6.92 Å². The lowest BCUT2D eigenvalue weighted by atomic mass is 10.1. The molecule has 5 nitrogen and oxygen atoms in total. The molecule has 2 aromatic rings. The standard InChI is InChI=1S/C11H13N3O2S/c1-3-14-10(12-13-11(14)17)8-6-7(16-2)4-5-9(8)15/h4-6,15H,3H2,1-2H3,(H,13,17). The average molecular weight is 251 g/mol. The van der Waals surface area contributed by atoms with Crippen molar-refractivity contribution in [1.82, 2.24) is 14.8 Å². The molecular formula is C11H13N3O2S. The number of ether oxygens (including phenoxy) is 1. The molecule has 1 aromatic carbocycles. The minimum atomic E-state index is 0.148. The number of nitrogens with zero attached hydrogens (tertiary/aromatic N) is 2. The molecule has 2 rings (SSSR count). The van der Waals surface area contributed by atoms with E-state index in [9.17, 15) is 5.11 Å². The van der Waals surface area contributed by atoms with Crippen LogP contribution in [0, 0.1) is 4.77 Å². The molecule has 1 aromatic heterocycles. The first-order valence-corrected chi connectivity index (χ1v) is 5.60. The molecule has 0 aliphatic carbocycles. The summed E-state index contributed by atoms with van der Waals surface area (Å²) in [7, 11) is 1.58. The first kappa shape index (κ1) is 11.7. The van der Waals surface area contributed by atoms with Gasteiger partial charge in [-0.1, -0.05) is 0 Å². The lowest BCUT2D eigenvalue weighted by Crippen LogP contribution is -1.98. The molecule has 6 heteroatoms. The van der Waals surface area contributed by atoms with E-state index in [1.54, 1.807) is 25.3 Å². The molecule has 1 heterocycles. The minimum absolute atomic E-state index is 0.148. The minimum Gasteiger partial charge on any atom is -0.507 e. The molecule has 0 bridgehead atoms. The molecule has 0 aliphatic rings. The lowest BCUT2D eigenvalue weighted by Gasteiger charge is -2.07. The molecule has 0 fully saturated rings. The van der Waals surface area contributed by atoms with E-state index in [-0.39, 0.29) is 5.75 Å². The highest BCUT2D eigenvalue weighted by Crippen LogP contribution is 2.31. The second-order valence-electron chi connectivity index (χ2n) is 3.48. The Balaban J connectivity index is 2.63. The van der Waals surface area contributed by atoms with E-state index < -0.39 is 0 Å². The predicted octanol–water partition coefficient (Wildman–Crippen LogP) is 2.34. The van der Waals surface area contributed by atoms with Crippen LogP contribution in [0.3, 0.4) is 0 Å². The van der Waals surface area contributed by atoms with Crippen molar-refractivity contribution in [3.05, 3.63) is 23.0 Å². The zero-order chi connectivity index (χ0) is 12.4. The Bertz CT molecular complexity index is 589. The van der Waals surface area contributed by atoms with E-state index >= 15 is 0 Å². The van der Waals surface area contributed by atoms with Gasteiger partial charge in [0.25, 0.3) is 0 Å². The van der Waals surface area contributed by atoms with Crippen molar-refractivity contribution in [2.45, 2.75) is 13.5 Å². The number of aromatic nitrogens is 3. The molecule has 17 heavy (non-hydrogen) atoms. The van der Waals surface area contributed by atoms with Gasteiger partial charge in [-0.2, -0.15) is 5.10 Å². The monoisotopic (exact) mass is 251 g/mol. The van der Waals surface area contributed by atoms with Crippen molar-refractivity contribution in [2.24, 2.45) is 0 Å². The molecule has 0 spiro atoms. The fourth-order valence-electron chi connectivity index (χ4n) is 1.64. The molecule has 0 atom stereocenters. The zero-order valence-electron chi connectivity index (χ0n) is 9.60. The molecule has 2 N–H and O–H groups in total. The van der Waals surface area contributed by atoms with E-state index in [4.69, 9.17) is 17.0 Å². The lowest BCUT2D eigenvalue weighted by molar-refractivity contribution is 0.412. The van der Waals surface area contributed by atoms with Gasteiger partial charge >= 0.3 is 0 Å². The van der Waals surface area contributed by atoms with Crippen LogP contribution in [0.5, 0.6) is 11.5 Å². The van der Waals surface area contributed by atoms with Gasteiger partial charge in [0.15, 0.2) is 10.6 Å². The normalized spacial score (nSPS) is 10.5. The first-order chi connectivity index (χ1) is 8.17. The highest BCUT2D eigenvalue weighted by Gasteiger charge is 2.12. The van der Waals surface area contributed by atoms with Crippen LogP contribution >= 0.6 is 12.2 Å². The number of methoxy groups -OCH3 is 1. The summed E-state index contributed by atoms with van der Waals surface area (Å²) < 4.78 is 7.47. The van der Waals surface area contributed by atoms with Crippen LogP contribution in [-0.4, -0.2) is 27.0 Å². The third-order valence-corrected chi connectivity index (χ3v) is 2.83. The molecule has 0 saturated heterocycles. The maximum atomic E-state index is 9.86. The Labute approximate surface area is 104 Å². The van der Waals surface area contributed by atoms with E-state index in [0.29, 0.717) is 28.5 Å². The number of nitrogens with one attached hydrogen (secondary N) is 1. The van der Waals surface area contributed by atoms with Gasteiger partial charge in [-0.3, -0.25) is 5.10 Å². The SMILES string of the molecule is CCn1c(-c2cc(OC)ccc2O)n[nH]c1=S. The van der Waals surface area contributed by atoms with Gasteiger partial charge in [-0.25, -0.2) is 0 Å². The average Bonchev–Trinajstić information content (AvgIpc) is 2.71. The van der Waals surface area contributed by atoms with Crippen LogP contribution < -0.4 is 4.74 Å². The summed E-state index contributed by atoms with van der Waals surface area (Å²) in [6.07, 6.45) is 0. The van der Waals surface area contributed by atoms with Crippen LogP contribution in [0.2, 0.25) is 0 Å².